The Morgan fingerprint density at radius 1 is 1.42 bits per heavy atom. The standard InChI is InChI=1S/C13H10BrIO4/c1-18-13(17)11-5-4-10(19-11)12(16)8-6-7(14)2-3-9(8)15/h2-6,12,16H,1H3. The van der Waals surface area contributed by atoms with Gasteiger partial charge in [-0.2, -0.15) is 0 Å². The topological polar surface area (TPSA) is 59.7 Å². The molecule has 1 aromatic carbocycles. The number of esters is 1. The Hall–Kier alpha value is -0.860. The zero-order chi connectivity index (χ0) is 14.0. The number of halogens is 2. The quantitative estimate of drug-likeness (QED) is 0.590. The molecule has 0 saturated heterocycles. The van der Waals surface area contributed by atoms with Crippen LogP contribution < -0.4 is 0 Å². The fraction of sp³-hybridized carbons (Fsp3) is 0.154. The number of rotatable bonds is 3. The molecule has 0 aliphatic rings. The van der Waals surface area contributed by atoms with E-state index in [2.05, 4.69) is 43.3 Å². The number of carbonyl (C=O) groups excluding carboxylic acids is 1. The first-order valence-electron chi connectivity index (χ1n) is 5.34. The zero-order valence-corrected chi connectivity index (χ0v) is 13.6. The van der Waals surface area contributed by atoms with Crippen LogP contribution in [0.3, 0.4) is 0 Å². The van der Waals surface area contributed by atoms with Gasteiger partial charge in [-0.05, 0) is 52.9 Å². The summed E-state index contributed by atoms with van der Waals surface area (Å²) in [6, 6.07) is 8.63. The molecule has 100 valence electrons. The third-order valence-electron chi connectivity index (χ3n) is 2.54. The van der Waals surface area contributed by atoms with E-state index in [1.54, 1.807) is 6.07 Å². The maximum absolute atomic E-state index is 11.3. The number of ether oxygens (including phenoxy) is 1. The van der Waals surface area contributed by atoms with Crippen LogP contribution in [0.4, 0.5) is 0 Å². The van der Waals surface area contributed by atoms with E-state index in [1.165, 1.54) is 13.2 Å². The van der Waals surface area contributed by atoms with Crippen LogP contribution in [0.5, 0.6) is 0 Å². The minimum Gasteiger partial charge on any atom is -0.463 e. The average molecular weight is 437 g/mol. The molecule has 0 aliphatic heterocycles. The largest absolute Gasteiger partial charge is 0.463 e. The van der Waals surface area contributed by atoms with Gasteiger partial charge in [0, 0.05) is 13.6 Å². The Morgan fingerprint density at radius 3 is 2.84 bits per heavy atom. The van der Waals surface area contributed by atoms with E-state index in [-0.39, 0.29) is 5.76 Å². The van der Waals surface area contributed by atoms with E-state index in [9.17, 15) is 9.90 Å². The smallest absolute Gasteiger partial charge is 0.373 e. The van der Waals surface area contributed by atoms with E-state index in [0.717, 1.165) is 8.04 Å². The highest BCUT2D eigenvalue weighted by atomic mass is 127. The number of benzene rings is 1. The SMILES string of the molecule is COC(=O)c1ccc(C(O)c2cc(Br)ccc2I)o1. The molecule has 19 heavy (non-hydrogen) atoms. The van der Waals surface area contributed by atoms with Crippen molar-refractivity contribution in [2.75, 3.05) is 7.11 Å². The Labute approximate surface area is 132 Å². The van der Waals surface area contributed by atoms with Gasteiger partial charge < -0.3 is 14.3 Å². The van der Waals surface area contributed by atoms with Gasteiger partial charge in [-0.25, -0.2) is 4.79 Å². The summed E-state index contributed by atoms with van der Waals surface area (Å²) in [6.07, 6.45) is -0.928. The Bertz CT molecular complexity index is 608. The van der Waals surface area contributed by atoms with E-state index in [1.807, 2.05) is 18.2 Å². The molecule has 2 aromatic rings. The molecule has 0 aliphatic carbocycles. The van der Waals surface area contributed by atoms with E-state index >= 15 is 0 Å². The van der Waals surface area contributed by atoms with Gasteiger partial charge in [-0.1, -0.05) is 15.9 Å². The van der Waals surface area contributed by atoms with Gasteiger partial charge in [0.1, 0.15) is 11.9 Å². The van der Waals surface area contributed by atoms with Crippen molar-refractivity contribution in [3.8, 4) is 0 Å². The highest BCUT2D eigenvalue weighted by Gasteiger charge is 2.20. The normalized spacial score (nSPS) is 12.2. The summed E-state index contributed by atoms with van der Waals surface area (Å²) in [5, 5.41) is 10.3. The first kappa shape index (κ1) is 14.5. The third kappa shape index (κ3) is 3.18. The Balaban J connectivity index is 2.33. The van der Waals surface area contributed by atoms with Gasteiger partial charge in [-0.3, -0.25) is 0 Å². The summed E-state index contributed by atoms with van der Waals surface area (Å²) < 4.78 is 11.6. The molecule has 0 amide bonds. The summed E-state index contributed by atoms with van der Waals surface area (Å²) in [4.78, 5) is 11.3. The molecule has 6 heteroatoms. The summed E-state index contributed by atoms with van der Waals surface area (Å²) in [6.45, 7) is 0. The van der Waals surface area contributed by atoms with Crippen LogP contribution in [-0.2, 0) is 4.74 Å². The number of hydrogen-bond acceptors (Lipinski definition) is 4. The predicted molar refractivity (Wildman–Crippen MR) is 81.0 cm³/mol. The minimum absolute atomic E-state index is 0.0709. The lowest BCUT2D eigenvalue weighted by Crippen LogP contribution is -2.02. The molecule has 1 aromatic heterocycles. The lowest BCUT2D eigenvalue weighted by atomic mass is 10.1. The number of aliphatic hydroxyl groups is 1. The molecular formula is C13H10BrIO4. The fourth-order valence-electron chi connectivity index (χ4n) is 1.59. The molecular weight excluding hydrogens is 427 g/mol. The maximum Gasteiger partial charge on any atom is 0.373 e. The molecule has 0 bridgehead atoms. The van der Waals surface area contributed by atoms with E-state index in [4.69, 9.17) is 4.42 Å². The number of furan rings is 1. The van der Waals surface area contributed by atoms with Gasteiger partial charge in [-0.15, -0.1) is 0 Å². The predicted octanol–water partition coefficient (Wildman–Crippen LogP) is 3.52. The highest BCUT2D eigenvalue weighted by Crippen LogP contribution is 2.29. The second-order valence-electron chi connectivity index (χ2n) is 3.76. The summed E-state index contributed by atoms with van der Waals surface area (Å²) in [5.41, 5.74) is 0.709. The van der Waals surface area contributed by atoms with Gasteiger partial charge in [0.15, 0.2) is 0 Å². The lowest BCUT2D eigenvalue weighted by Gasteiger charge is -2.11. The number of carbonyl (C=O) groups is 1. The van der Waals surface area contributed by atoms with Gasteiger partial charge in [0.2, 0.25) is 5.76 Å². The molecule has 0 radical (unpaired) electrons. The van der Waals surface area contributed by atoms with Crippen molar-refractivity contribution in [2.24, 2.45) is 0 Å². The van der Waals surface area contributed by atoms with Gasteiger partial charge in [0.25, 0.3) is 0 Å². The zero-order valence-electron chi connectivity index (χ0n) is 9.89. The van der Waals surface area contributed by atoms with Crippen LogP contribution in [0.25, 0.3) is 0 Å². The van der Waals surface area contributed by atoms with Gasteiger partial charge >= 0.3 is 5.97 Å². The Morgan fingerprint density at radius 2 is 2.16 bits per heavy atom. The van der Waals surface area contributed by atoms with Crippen molar-refractivity contribution in [1.82, 2.24) is 0 Å². The summed E-state index contributed by atoms with van der Waals surface area (Å²) in [7, 11) is 1.28. The van der Waals surface area contributed by atoms with Crippen LogP contribution in [0.15, 0.2) is 39.2 Å². The fourth-order valence-corrected chi connectivity index (χ4v) is 2.60. The molecule has 0 fully saturated rings. The van der Waals surface area contributed by atoms with Gasteiger partial charge in [0.05, 0.1) is 7.11 Å². The van der Waals surface area contributed by atoms with Crippen molar-refractivity contribution in [2.45, 2.75) is 6.10 Å². The number of aliphatic hydroxyl groups excluding tert-OH is 1. The van der Waals surface area contributed by atoms with Crippen molar-refractivity contribution in [3.63, 3.8) is 0 Å². The van der Waals surface area contributed by atoms with Crippen LogP contribution in [0.2, 0.25) is 0 Å². The van der Waals surface area contributed by atoms with Crippen molar-refractivity contribution >= 4 is 44.5 Å². The van der Waals surface area contributed by atoms with Crippen LogP contribution in [0.1, 0.15) is 28.0 Å². The third-order valence-corrected chi connectivity index (χ3v) is 4.01. The summed E-state index contributed by atoms with van der Waals surface area (Å²) in [5.74, 6) is -0.194. The van der Waals surface area contributed by atoms with Crippen LogP contribution in [0, 0.1) is 3.57 Å². The van der Waals surface area contributed by atoms with Crippen LogP contribution in [-0.4, -0.2) is 18.2 Å². The second kappa shape index (κ2) is 6.06. The van der Waals surface area contributed by atoms with E-state index in [0.29, 0.717) is 11.3 Å². The Kier molecular flexibility index (Phi) is 4.64. The van der Waals surface area contributed by atoms with E-state index < -0.39 is 12.1 Å². The molecule has 4 nitrogen and oxygen atoms in total. The minimum atomic E-state index is -0.928. The molecule has 0 saturated carbocycles. The monoisotopic (exact) mass is 436 g/mol. The first-order valence-corrected chi connectivity index (χ1v) is 7.21. The van der Waals surface area contributed by atoms with Crippen molar-refractivity contribution in [1.29, 1.82) is 0 Å². The number of hydrogen-bond donors (Lipinski definition) is 1. The molecule has 2 rings (SSSR count). The first-order chi connectivity index (χ1) is 9.02. The average Bonchev–Trinajstić information content (AvgIpc) is 2.89. The molecule has 1 unspecified atom stereocenters. The second-order valence-corrected chi connectivity index (χ2v) is 5.84. The maximum atomic E-state index is 11.3. The molecule has 1 heterocycles. The van der Waals surface area contributed by atoms with Crippen molar-refractivity contribution in [3.05, 3.63) is 55.5 Å². The number of methoxy groups -OCH3 is 1. The molecule has 1 atom stereocenters. The highest BCUT2D eigenvalue weighted by molar-refractivity contribution is 14.1. The summed E-state index contributed by atoms with van der Waals surface area (Å²) >= 11 is 5.49. The van der Waals surface area contributed by atoms with Crippen molar-refractivity contribution < 1.29 is 19.1 Å². The lowest BCUT2D eigenvalue weighted by molar-refractivity contribution is 0.0558. The molecule has 0 spiro atoms. The van der Waals surface area contributed by atoms with Crippen LogP contribution >= 0.6 is 38.5 Å². The molecule has 1 N–H and O–H groups in total.